The van der Waals surface area contributed by atoms with E-state index in [2.05, 4.69) is 4.90 Å². The van der Waals surface area contributed by atoms with Gasteiger partial charge in [0.1, 0.15) is 0 Å². The highest BCUT2D eigenvalue weighted by molar-refractivity contribution is 5.78. The van der Waals surface area contributed by atoms with E-state index in [0.717, 1.165) is 30.8 Å². The average Bonchev–Trinajstić information content (AvgIpc) is 2.78. The number of carbonyl (C=O) groups excluding carboxylic acids is 1. The lowest BCUT2D eigenvalue weighted by Crippen LogP contribution is -2.27. The average molecular weight is 219 g/mol. The van der Waals surface area contributed by atoms with Gasteiger partial charge in [-0.2, -0.15) is 0 Å². The molecule has 0 aliphatic carbocycles. The summed E-state index contributed by atoms with van der Waals surface area (Å²) in [5.41, 5.74) is 13.1. The fraction of sp³-hybridized carbons (Fsp3) is 0.417. The minimum Gasteiger partial charge on any atom is -0.371 e. The Bertz CT molecular complexity index is 374. The van der Waals surface area contributed by atoms with E-state index in [-0.39, 0.29) is 11.8 Å². The van der Waals surface area contributed by atoms with Crippen LogP contribution >= 0.6 is 0 Å². The van der Waals surface area contributed by atoms with Crippen LogP contribution in [0.3, 0.4) is 0 Å². The van der Waals surface area contributed by atoms with E-state index in [0.29, 0.717) is 6.54 Å². The van der Waals surface area contributed by atoms with Crippen molar-refractivity contribution in [1.29, 1.82) is 0 Å². The first-order chi connectivity index (χ1) is 7.70. The number of hydrogen-bond donors (Lipinski definition) is 2. The monoisotopic (exact) mass is 219 g/mol. The molecule has 1 aliphatic rings. The third kappa shape index (κ3) is 2.17. The fourth-order valence-electron chi connectivity index (χ4n) is 2.07. The molecule has 0 saturated carbocycles. The molecule has 1 atom stereocenters. The Hall–Kier alpha value is -1.55. The maximum absolute atomic E-state index is 11.1. The predicted molar refractivity (Wildman–Crippen MR) is 63.8 cm³/mol. The maximum atomic E-state index is 11.1. The molecule has 4 heteroatoms. The van der Waals surface area contributed by atoms with Gasteiger partial charge in [0.25, 0.3) is 0 Å². The second-order valence-corrected chi connectivity index (χ2v) is 4.20. The molecule has 0 spiro atoms. The van der Waals surface area contributed by atoms with Crippen LogP contribution in [0.25, 0.3) is 0 Å². The number of hydrogen-bond acceptors (Lipinski definition) is 3. The summed E-state index contributed by atoms with van der Waals surface area (Å²) >= 11 is 0. The Morgan fingerprint density at radius 3 is 2.56 bits per heavy atom. The summed E-state index contributed by atoms with van der Waals surface area (Å²) in [6.45, 7) is 2.19. The van der Waals surface area contributed by atoms with Crippen molar-refractivity contribution in [3.05, 3.63) is 29.8 Å². The molecule has 0 radical (unpaired) electrons. The van der Waals surface area contributed by atoms with Gasteiger partial charge in [0.05, 0.1) is 5.92 Å². The summed E-state index contributed by atoms with van der Waals surface area (Å²) in [7, 11) is 0. The molecule has 86 valence electrons. The van der Waals surface area contributed by atoms with Gasteiger partial charge in [-0.25, -0.2) is 0 Å². The molecule has 1 fully saturated rings. The van der Waals surface area contributed by atoms with Gasteiger partial charge in [-0.05, 0) is 24.1 Å². The standard InChI is InChI=1S/C12H17N3O/c13-7-9-1-3-11(4-2-9)15-6-5-10(8-15)12(14)16/h1-4,10H,5-8,13H2,(H2,14,16). The van der Waals surface area contributed by atoms with Crippen molar-refractivity contribution in [3.8, 4) is 0 Å². The van der Waals surface area contributed by atoms with Crippen LogP contribution in [0.15, 0.2) is 24.3 Å². The summed E-state index contributed by atoms with van der Waals surface area (Å²) in [6, 6.07) is 8.14. The quantitative estimate of drug-likeness (QED) is 0.775. The number of nitrogens with zero attached hydrogens (tertiary/aromatic N) is 1. The molecule has 4 nitrogen and oxygen atoms in total. The van der Waals surface area contributed by atoms with E-state index >= 15 is 0 Å². The van der Waals surface area contributed by atoms with Crippen molar-refractivity contribution in [3.63, 3.8) is 0 Å². The summed E-state index contributed by atoms with van der Waals surface area (Å²) in [5.74, 6) is -0.199. The normalized spacial score (nSPS) is 20.1. The lowest BCUT2D eigenvalue weighted by atomic mass is 10.1. The molecule has 1 heterocycles. The zero-order valence-electron chi connectivity index (χ0n) is 9.23. The Balaban J connectivity index is 2.05. The molecule has 0 bridgehead atoms. The van der Waals surface area contributed by atoms with Crippen molar-refractivity contribution < 1.29 is 4.79 Å². The zero-order chi connectivity index (χ0) is 11.5. The van der Waals surface area contributed by atoms with E-state index in [1.165, 1.54) is 0 Å². The summed E-state index contributed by atoms with van der Waals surface area (Å²) in [6.07, 6.45) is 0.855. The zero-order valence-corrected chi connectivity index (χ0v) is 9.23. The largest absolute Gasteiger partial charge is 0.371 e. The molecule has 16 heavy (non-hydrogen) atoms. The Morgan fingerprint density at radius 2 is 2.06 bits per heavy atom. The molecule has 1 unspecified atom stereocenters. The third-order valence-electron chi connectivity index (χ3n) is 3.13. The molecular formula is C12H17N3O. The highest BCUT2D eigenvalue weighted by atomic mass is 16.1. The van der Waals surface area contributed by atoms with Gasteiger partial charge < -0.3 is 16.4 Å². The Morgan fingerprint density at radius 1 is 1.38 bits per heavy atom. The second-order valence-electron chi connectivity index (χ2n) is 4.20. The van der Waals surface area contributed by atoms with Crippen LogP contribution in [0.4, 0.5) is 5.69 Å². The van der Waals surface area contributed by atoms with Gasteiger partial charge >= 0.3 is 0 Å². The molecule has 1 amide bonds. The molecule has 1 aromatic rings. The molecule has 2 rings (SSSR count). The molecule has 1 aromatic carbocycles. The smallest absolute Gasteiger partial charge is 0.222 e. The minimum absolute atomic E-state index is 0.00538. The van der Waals surface area contributed by atoms with Crippen molar-refractivity contribution >= 4 is 11.6 Å². The first-order valence-corrected chi connectivity index (χ1v) is 5.54. The lowest BCUT2D eigenvalue weighted by Gasteiger charge is -2.18. The summed E-state index contributed by atoms with van der Waals surface area (Å²) < 4.78 is 0. The molecule has 1 aliphatic heterocycles. The van der Waals surface area contributed by atoms with Crippen molar-refractivity contribution in [2.45, 2.75) is 13.0 Å². The van der Waals surface area contributed by atoms with Crippen LogP contribution in [0.5, 0.6) is 0 Å². The molecule has 4 N–H and O–H groups in total. The number of carbonyl (C=O) groups is 1. The SMILES string of the molecule is NCc1ccc(N2CCC(C(N)=O)C2)cc1. The van der Waals surface area contributed by atoms with E-state index < -0.39 is 0 Å². The van der Waals surface area contributed by atoms with Crippen LogP contribution in [-0.4, -0.2) is 19.0 Å². The third-order valence-corrected chi connectivity index (χ3v) is 3.13. The lowest BCUT2D eigenvalue weighted by molar-refractivity contribution is -0.121. The van der Waals surface area contributed by atoms with Gasteiger partial charge in [-0.3, -0.25) is 4.79 Å². The van der Waals surface area contributed by atoms with E-state index in [1.54, 1.807) is 0 Å². The van der Waals surface area contributed by atoms with E-state index in [1.807, 2.05) is 24.3 Å². The van der Waals surface area contributed by atoms with Gasteiger partial charge in [0, 0.05) is 25.3 Å². The topological polar surface area (TPSA) is 72.3 Å². The fourth-order valence-corrected chi connectivity index (χ4v) is 2.07. The predicted octanol–water partition coefficient (Wildman–Crippen LogP) is 0.457. The number of nitrogens with two attached hydrogens (primary N) is 2. The molecule has 0 aromatic heterocycles. The van der Waals surface area contributed by atoms with Crippen molar-refractivity contribution in [2.24, 2.45) is 17.4 Å². The Labute approximate surface area is 95.2 Å². The van der Waals surface area contributed by atoms with Crippen LogP contribution in [0, 0.1) is 5.92 Å². The number of primary amides is 1. The minimum atomic E-state index is -0.193. The number of rotatable bonds is 3. The van der Waals surface area contributed by atoms with Crippen molar-refractivity contribution in [1.82, 2.24) is 0 Å². The van der Waals surface area contributed by atoms with E-state index in [9.17, 15) is 4.79 Å². The van der Waals surface area contributed by atoms with Crippen LogP contribution < -0.4 is 16.4 Å². The molecular weight excluding hydrogens is 202 g/mol. The van der Waals surface area contributed by atoms with Gasteiger partial charge in [-0.15, -0.1) is 0 Å². The number of benzene rings is 1. The first kappa shape index (κ1) is 11.0. The number of anilines is 1. The van der Waals surface area contributed by atoms with Crippen LogP contribution in [0.2, 0.25) is 0 Å². The van der Waals surface area contributed by atoms with E-state index in [4.69, 9.17) is 11.5 Å². The van der Waals surface area contributed by atoms with Crippen molar-refractivity contribution in [2.75, 3.05) is 18.0 Å². The number of amides is 1. The summed E-state index contributed by atoms with van der Waals surface area (Å²) in [4.78, 5) is 13.2. The summed E-state index contributed by atoms with van der Waals surface area (Å²) in [5, 5.41) is 0. The molecule has 1 saturated heterocycles. The Kier molecular flexibility index (Phi) is 3.10. The first-order valence-electron chi connectivity index (χ1n) is 5.54. The van der Waals surface area contributed by atoms with Gasteiger partial charge in [0.2, 0.25) is 5.91 Å². The highest BCUT2D eigenvalue weighted by Gasteiger charge is 2.26. The van der Waals surface area contributed by atoms with Gasteiger partial charge in [-0.1, -0.05) is 12.1 Å². The highest BCUT2D eigenvalue weighted by Crippen LogP contribution is 2.23. The maximum Gasteiger partial charge on any atom is 0.222 e. The second kappa shape index (κ2) is 4.53. The van der Waals surface area contributed by atoms with Gasteiger partial charge in [0.15, 0.2) is 0 Å². The van der Waals surface area contributed by atoms with Crippen LogP contribution in [0.1, 0.15) is 12.0 Å². The van der Waals surface area contributed by atoms with Crippen LogP contribution in [-0.2, 0) is 11.3 Å².